The van der Waals surface area contributed by atoms with Gasteiger partial charge in [0.05, 0.1) is 0 Å². The van der Waals surface area contributed by atoms with Gasteiger partial charge < -0.3 is 5.11 Å². The van der Waals surface area contributed by atoms with Crippen molar-refractivity contribution in [3.63, 3.8) is 0 Å². The zero-order valence-electron chi connectivity index (χ0n) is 14.4. The van der Waals surface area contributed by atoms with Gasteiger partial charge in [-0.1, -0.05) is 55.4 Å². The molecule has 22 heavy (non-hydrogen) atoms. The van der Waals surface area contributed by atoms with Crippen molar-refractivity contribution < 1.29 is 9.90 Å². The number of aliphatic carboxylic acids is 1. The number of allylic oxidation sites excluding steroid dienone is 7. The van der Waals surface area contributed by atoms with E-state index in [-0.39, 0.29) is 0 Å². The first-order valence-corrected chi connectivity index (χ1v) is 8.33. The lowest BCUT2D eigenvalue weighted by Crippen LogP contribution is -2.09. The quantitative estimate of drug-likeness (QED) is 0.666. The Morgan fingerprint density at radius 2 is 1.91 bits per heavy atom. The Morgan fingerprint density at radius 3 is 2.55 bits per heavy atom. The third-order valence-electron chi connectivity index (χ3n) is 4.32. The molecule has 1 aliphatic rings. The van der Waals surface area contributed by atoms with Crippen LogP contribution in [0.15, 0.2) is 47.1 Å². The molecule has 0 saturated heterocycles. The Labute approximate surface area is 135 Å². The molecule has 0 unspecified atom stereocenters. The average Bonchev–Trinajstić information content (AvgIpc) is 2.43. The van der Waals surface area contributed by atoms with Crippen LogP contribution >= 0.6 is 0 Å². The fourth-order valence-electron chi connectivity index (χ4n) is 2.64. The summed E-state index contributed by atoms with van der Waals surface area (Å²) in [6.07, 6.45) is 15.1. The topological polar surface area (TPSA) is 37.3 Å². The van der Waals surface area contributed by atoms with Crippen LogP contribution in [-0.4, -0.2) is 11.1 Å². The van der Waals surface area contributed by atoms with E-state index < -0.39 is 5.97 Å². The van der Waals surface area contributed by atoms with Crippen LogP contribution < -0.4 is 0 Å². The van der Waals surface area contributed by atoms with Crippen molar-refractivity contribution in [1.29, 1.82) is 0 Å². The van der Waals surface area contributed by atoms with Crippen molar-refractivity contribution in [2.75, 3.05) is 0 Å². The Morgan fingerprint density at radius 1 is 1.18 bits per heavy atom. The van der Waals surface area contributed by atoms with Crippen molar-refractivity contribution in [2.45, 2.75) is 59.8 Å². The van der Waals surface area contributed by atoms with Crippen molar-refractivity contribution in [2.24, 2.45) is 11.8 Å². The second kappa shape index (κ2) is 9.45. The molecule has 2 heteroatoms. The normalized spacial score (nSPS) is 26.4. The van der Waals surface area contributed by atoms with Crippen LogP contribution in [0.1, 0.15) is 59.8 Å². The Kier molecular flexibility index (Phi) is 7.94. The van der Waals surface area contributed by atoms with Gasteiger partial charge in [-0.25, -0.2) is 4.79 Å². The number of hydrogen-bond donors (Lipinski definition) is 1. The molecular weight excluding hydrogens is 272 g/mol. The van der Waals surface area contributed by atoms with E-state index in [2.05, 4.69) is 52.0 Å². The lowest BCUT2D eigenvalue weighted by atomic mass is 9.88. The van der Waals surface area contributed by atoms with E-state index in [1.807, 2.05) is 6.08 Å². The van der Waals surface area contributed by atoms with E-state index in [0.29, 0.717) is 23.8 Å². The monoisotopic (exact) mass is 302 g/mol. The summed E-state index contributed by atoms with van der Waals surface area (Å²) in [6, 6.07) is 0. The lowest BCUT2D eigenvalue weighted by molar-refractivity contribution is -0.132. The maximum absolute atomic E-state index is 11.4. The molecule has 0 aromatic heterocycles. The zero-order chi connectivity index (χ0) is 16.5. The van der Waals surface area contributed by atoms with Gasteiger partial charge in [0.25, 0.3) is 0 Å². The van der Waals surface area contributed by atoms with Gasteiger partial charge in [0, 0.05) is 5.57 Å². The third-order valence-corrected chi connectivity index (χ3v) is 4.32. The Hall–Kier alpha value is -1.57. The van der Waals surface area contributed by atoms with E-state index in [1.54, 1.807) is 0 Å². The van der Waals surface area contributed by atoms with E-state index in [9.17, 15) is 9.90 Å². The number of carboxylic acid groups (broad SMARTS) is 1. The van der Waals surface area contributed by atoms with Crippen molar-refractivity contribution in [3.05, 3.63) is 47.1 Å². The second-order valence-electron chi connectivity index (χ2n) is 6.61. The van der Waals surface area contributed by atoms with Crippen LogP contribution in [0, 0.1) is 11.8 Å². The standard InChI is InChI=1S/C20H30O2/c1-15(2)18-12-11-17(4)8-5-7-16(3)9-6-10-19(14-13-18)20(21)22/h7-8,10-12,15,18H,5-6,9,13-14H2,1-4H3,(H,21,22)/b12-11?,16-7+,17-8?,19-10-/t18-/m1/s1. The van der Waals surface area contributed by atoms with Gasteiger partial charge >= 0.3 is 5.97 Å². The number of hydrogen-bond acceptors (Lipinski definition) is 1. The number of carboxylic acids is 1. The molecule has 0 aromatic carbocycles. The highest BCUT2D eigenvalue weighted by molar-refractivity contribution is 5.86. The molecule has 0 aromatic rings. The van der Waals surface area contributed by atoms with Gasteiger partial charge in [-0.2, -0.15) is 0 Å². The molecule has 122 valence electrons. The molecule has 0 fully saturated rings. The molecular formula is C20H30O2. The first-order valence-electron chi connectivity index (χ1n) is 8.33. The fraction of sp³-hybridized carbons (Fsp3) is 0.550. The summed E-state index contributed by atoms with van der Waals surface area (Å²) in [6.45, 7) is 8.65. The maximum atomic E-state index is 11.4. The minimum absolute atomic E-state index is 0.423. The van der Waals surface area contributed by atoms with E-state index in [0.717, 1.165) is 25.7 Å². The van der Waals surface area contributed by atoms with Crippen molar-refractivity contribution in [3.8, 4) is 0 Å². The van der Waals surface area contributed by atoms with Gasteiger partial charge in [-0.05, 0) is 57.8 Å². The van der Waals surface area contributed by atoms with Gasteiger partial charge in [0.2, 0.25) is 0 Å². The van der Waals surface area contributed by atoms with Gasteiger partial charge in [-0.3, -0.25) is 0 Å². The second-order valence-corrected chi connectivity index (χ2v) is 6.61. The summed E-state index contributed by atoms with van der Waals surface area (Å²) in [5.74, 6) is 0.178. The highest BCUT2D eigenvalue weighted by atomic mass is 16.4. The average molecular weight is 302 g/mol. The summed E-state index contributed by atoms with van der Waals surface area (Å²) in [4.78, 5) is 11.4. The molecule has 0 amide bonds. The number of carbonyl (C=O) groups is 1. The molecule has 0 saturated carbocycles. The molecule has 0 heterocycles. The summed E-state index contributed by atoms with van der Waals surface area (Å²) >= 11 is 0. The fourth-order valence-corrected chi connectivity index (χ4v) is 2.64. The molecule has 0 aliphatic heterocycles. The largest absolute Gasteiger partial charge is 0.478 e. The number of rotatable bonds is 2. The maximum Gasteiger partial charge on any atom is 0.331 e. The summed E-state index contributed by atoms with van der Waals surface area (Å²) in [7, 11) is 0. The highest BCUT2D eigenvalue weighted by Crippen LogP contribution is 2.23. The SMILES string of the molecule is CC1=CC/C=C(\C)CC/C=C(\C(=O)O)CC[C@H](C(C)C)C=C1. The van der Waals surface area contributed by atoms with Crippen LogP contribution in [0.3, 0.4) is 0 Å². The minimum Gasteiger partial charge on any atom is -0.478 e. The molecule has 0 spiro atoms. The van der Waals surface area contributed by atoms with Crippen LogP contribution in [0.25, 0.3) is 0 Å². The molecule has 1 N–H and O–H groups in total. The van der Waals surface area contributed by atoms with Crippen LogP contribution in [0.2, 0.25) is 0 Å². The molecule has 2 nitrogen and oxygen atoms in total. The molecule has 1 atom stereocenters. The molecule has 1 rings (SSSR count). The van der Waals surface area contributed by atoms with Crippen molar-refractivity contribution in [1.82, 2.24) is 0 Å². The minimum atomic E-state index is -0.767. The highest BCUT2D eigenvalue weighted by Gasteiger charge is 2.14. The first kappa shape index (κ1) is 18.5. The predicted molar refractivity (Wildman–Crippen MR) is 93.8 cm³/mol. The van der Waals surface area contributed by atoms with E-state index in [4.69, 9.17) is 0 Å². The van der Waals surface area contributed by atoms with E-state index in [1.165, 1.54) is 11.1 Å². The first-order chi connectivity index (χ1) is 10.4. The lowest BCUT2D eigenvalue weighted by Gasteiger charge is -2.17. The summed E-state index contributed by atoms with van der Waals surface area (Å²) in [5, 5.41) is 9.37. The van der Waals surface area contributed by atoms with E-state index >= 15 is 0 Å². The Bertz CT molecular complexity index is 490. The third kappa shape index (κ3) is 6.93. The smallest absolute Gasteiger partial charge is 0.331 e. The van der Waals surface area contributed by atoms with Crippen LogP contribution in [0.5, 0.6) is 0 Å². The van der Waals surface area contributed by atoms with Gasteiger partial charge in [0.1, 0.15) is 0 Å². The van der Waals surface area contributed by atoms with Crippen molar-refractivity contribution >= 4 is 5.97 Å². The van der Waals surface area contributed by atoms with Crippen LogP contribution in [0.4, 0.5) is 0 Å². The molecule has 0 radical (unpaired) electrons. The summed E-state index contributed by atoms with van der Waals surface area (Å²) in [5.41, 5.74) is 3.17. The molecule has 0 bridgehead atoms. The molecule has 1 aliphatic carbocycles. The Balaban J connectivity index is 2.98. The zero-order valence-corrected chi connectivity index (χ0v) is 14.4. The van der Waals surface area contributed by atoms with Crippen LogP contribution in [-0.2, 0) is 4.79 Å². The predicted octanol–water partition coefficient (Wildman–Crippen LogP) is 5.68. The van der Waals surface area contributed by atoms with Gasteiger partial charge in [0.15, 0.2) is 0 Å². The van der Waals surface area contributed by atoms with Gasteiger partial charge in [-0.15, -0.1) is 0 Å². The summed E-state index contributed by atoms with van der Waals surface area (Å²) < 4.78 is 0.